The molecule has 2 aliphatic heterocycles. The summed E-state index contributed by atoms with van der Waals surface area (Å²) in [5, 5.41) is 13.2. The fourth-order valence-electron chi connectivity index (χ4n) is 6.04. The molecule has 0 aromatic carbocycles. The summed E-state index contributed by atoms with van der Waals surface area (Å²) >= 11 is 0. The number of rotatable bonds is 9. The van der Waals surface area contributed by atoms with Crippen molar-refractivity contribution >= 4 is 23.5 Å². The minimum absolute atomic E-state index is 0.0163. The molecule has 3 N–H and O–H groups in total. The lowest BCUT2D eigenvalue weighted by Gasteiger charge is -2.61. The molecule has 1 unspecified atom stereocenters. The molecular formula is C25H31FN8O4. The topological polar surface area (TPSA) is 131 Å². The number of alkyl halides is 1. The predicted molar refractivity (Wildman–Crippen MR) is 133 cm³/mol. The van der Waals surface area contributed by atoms with Gasteiger partial charge in [-0.15, -0.1) is 0 Å². The number of nitrogens with one attached hydrogen (secondary N) is 3. The molecule has 1 amide bonds. The third kappa shape index (κ3) is 4.18. The van der Waals surface area contributed by atoms with E-state index >= 15 is 4.39 Å². The molecule has 5 fully saturated rings. The summed E-state index contributed by atoms with van der Waals surface area (Å²) in [4.78, 5) is 23.8. The number of amides is 1. The first-order valence-electron chi connectivity index (χ1n) is 13.1. The molecule has 8 rings (SSSR count). The number of hydrogen-bond acceptors (Lipinski definition) is 9. The molecule has 38 heavy (non-hydrogen) atoms. The lowest BCUT2D eigenvalue weighted by atomic mass is 9.50. The number of aromatic nitrogens is 5. The quantitative estimate of drug-likeness (QED) is 0.385. The number of carbonyl (C=O) groups excluding carboxylic acids is 1. The highest BCUT2D eigenvalue weighted by Crippen LogP contribution is 2.57. The molecule has 2 bridgehead atoms. The van der Waals surface area contributed by atoms with Crippen molar-refractivity contribution in [2.24, 2.45) is 5.92 Å². The van der Waals surface area contributed by atoms with Gasteiger partial charge in [-0.1, -0.05) is 0 Å². The summed E-state index contributed by atoms with van der Waals surface area (Å²) in [6, 6.07) is 3.94. The summed E-state index contributed by atoms with van der Waals surface area (Å²) in [7, 11) is 1.72. The lowest BCUT2D eigenvalue weighted by Crippen LogP contribution is -2.68. The van der Waals surface area contributed by atoms with E-state index in [9.17, 15) is 4.79 Å². The van der Waals surface area contributed by atoms with Crippen molar-refractivity contribution in [2.75, 3.05) is 32.2 Å². The van der Waals surface area contributed by atoms with E-state index in [1.165, 1.54) is 0 Å². The summed E-state index contributed by atoms with van der Waals surface area (Å²) in [6.07, 6.45) is 3.77. The van der Waals surface area contributed by atoms with Crippen molar-refractivity contribution in [1.82, 2.24) is 34.8 Å². The molecule has 13 heteroatoms. The molecule has 3 saturated carbocycles. The number of likely N-dealkylation sites (tertiary alicyclic amines) is 1. The maximum absolute atomic E-state index is 15.2. The van der Waals surface area contributed by atoms with Gasteiger partial charge in [0.1, 0.15) is 11.8 Å². The fraction of sp³-hybridized carbons (Fsp3) is 0.600. The third-order valence-corrected chi connectivity index (χ3v) is 8.31. The zero-order chi connectivity index (χ0) is 25.9. The second kappa shape index (κ2) is 9.17. The van der Waals surface area contributed by atoms with Crippen LogP contribution in [0.3, 0.4) is 0 Å². The molecule has 0 spiro atoms. The Labute approximate surface area is 218 Å². The number of halogens is 1. The SMILES string of the molecule is COCC1CCN1Cc1cn2c(Nc3cc([C@@H]4OC[C@H](OC(=O)NC56CC(C5)C6)[C@@H]4F)[nH]n3)nccc2n1. The number of nitrogens with zero attached hydrogens (tertiary/aromatic N) is 5. The fourth-order valence-corrected chi connectivity index (χ4v) is 6.04. The van der Waals surface area contributed by atoms with Crippen molar-refractivity contribution < 1.29 is 23.4 Å². The van der Waals surface area contributed by atoms with Gasteiger partial charge in [0.05, 0.1) is 24.6 Å². The Morgan fingerprint density at radius 3 is 2.97 bits per heavy atom. The molecule has 0 radical (unpaired) electrons. The van der Waals surface area contributed by atoms with E-state index in [1.807, 2.05) is 16.7 Å². The molecule has 202 valence electrons. The minimum atomic E-state index is -1.51. The number of fused-ring (bicyclic) bond motifs is 1. The van der Waals surface area contributed by atoms with Gasteiger partial charge in [-0.3, -0.25) is 14.4 Å². The average molecular weight is 527 g/mol. The summed E-state index contributed by atoms with van der Waals surface area (Å²) in [6.45, 7) is 2.46. The first-order valence-corrected chi connectivity index (χ1v) is 13.1. The van der Waals surface area contributed by atoms with Crippen LogP contribution >= 0.6 is 0 Å². The molecule has 5 heterocycles. The normalized spacial score (nSPS) is 31.9. The zero-order valence-corrected chi connectivity index (χ0v) is 21.1. The number of aromatic amines is 1. The number of ether oxygens (including phenoxy) is 3. The highest BCUT2D eigenvalue weighted by molar-refractivity contribution is 5.69. The summed E-state index contributed by atoms with van der Waals surface area (Å²) < 4.78 is 33.3. The number of carbonyl (C=O) groups is 1. The molecule has 12 nitrogen and oxygen atoms in total. The minimum Gasteiger partial charge on any atom is -0.441 e. The van der Waals surface area contributed by atoms with Crippen molar-refractivity contribution in [3.8, 4) is 0 Å². The van der Waals surface area contributed by atoms with Crippen LogP contribution in [0.25, 0.3) is 5.65 Å². The van der Waals surface area contributed by atoms with E-state index in [2.05, 4.69) is 30.7 Å². The third-order valence-electron chi connectivity index (χ3n) is 8.31. The van der Waals surface area contributed by atoms with Crippen LogP contribution in [0.15, 0.2) is 24.5 Å². The highest BCUT2D eigenvalue weighted by atomic mass is 19.1. The van der Waals surface area contributed by atoms with Gasteiger partial charge >= 0.3 is 6.09 Å². The molecule has 3 aromatic rings. The first kappa shape index (κ1) is 23.8. The molecule has 3 aliphatic carbocycles. The van der Waals surface area contributed by atoms with Gasteiger partial charge in [0.25, 0.3) is 0 Å². The van der Waals surface area contributed by atoms with Crippen LogP contribution in [0, 0.1) is 5.92 Å². The van der Waals surface area contributed by atoms with Crippen LogP contribution < -0.4 is 10.6 Å². The number of anilines is 2. The van der Waals surface area contributed by atoms with Gasteiger partial charge in [-0.25, -0.2) is 19.2 Å². The van der Waals surface area contributed by atoms with Crippen LogP contribution in [0.5, 0.6) is 0 Å². The number of H-pyrrole nitrogens is 1. The van der Waals surface area contributed by atoms with Crippen LogP contribution in [0.4, 0.5) is 21.0 Å². The van der Waals surface area contributed by atoms with E-state index < -0.39 is 24.5 Å². The first-order chi connectivity index (χ1) is 18.5. The molecule has 5 aliphatic rings. The van der Waals surface area contributed by atoms with Gasteiger partial charge < -0.3 is 24.8 Å². The molecule has 2 saturated heterocycles. The van der Waals surface area contributed by atoms with Crippen LogP contribution in [-0.4, -0.2) is 86.3 Å². The Morgan fingerprint density at radius 2 is 2.24 bits per heavy atom. The summed E-state index contributed by atoms with van der Waals surface area (Å²) in [5.41, 5.74) is 2.03. The molecular weight excluding hydrogens is 495 g/mol. The Morgan fingerprint density at radius 1 is 1.37 bits per heavy atom. The second-order valence-electron chi connectivity index (χ2n) is 11.0. The van der Waals surface area contributed by atoms with Gasteiger partial charge in [0, 0.05) is 50.2 Å². The Bertz CT molecular complexity index is 1330. The van der Waals surface area contributed by atoms with Crippen molar-refractivity contribution in [1.29, 1.82) is 0 Å². The number of imidazole rings is 1. The van der Waals surface area contributed by atoms with E-state index in [-0.39, 0.29) is 12.1 Å². The number of alkyl carbamates (subject to hydrolysis) is 1. The maximum Gasteiger partial charge on any atom is 0.408 e. The Balaban J connectivity index is 0.989. The van der Waals surface area contributed by atoms with Gasteiger partial charge in [0.15, 0.2) is 18.1 Å². The lowest BCUT2D eigenvalue weighted by molar-refractivity contribution is -0.0528. The van der Waals surface area contributed by atoms with Crippen molar-refractivity contribution in [3.63, 3.8) is 0 Å². The largest absolute Gasteiger partial charge is 0.441 e. The van der Waals surface area contributed by atoms with Gasteiger partial charge in [-0.2, -0.15) is 5.10 Å². The molecule has 4 atom stereocenters. The zero-order valence-electron chi connectivity index (χ0n) is 21.1. The van der Waals surface area contributed by atoms with Crippen LogP contribution in [0.2, 0.25) is 0 Å². The molecule has 3 aromatic heterocycles. The van der Waals surface area contributed by atoms with Gasteiger partial charge in [0.2, 0.25) is 5.95 Å². The average Bonchev–Trinajstić information content (AvgIpc) is 3.56. The van der Waals surface area contributed by atoms with Crippen molar-refractivity contribution in [2.45, 2.75) is 62.2 Å². The number of hydrogen-bond donors (Lipinski definition) is 3. The standard InChI is InChI=1S/C25H31FN8O4/c1-36-12-16-3-5-33(16)10-15-11-34-20(28-15)2-4-27-23(34)29-19-6-17(31-32-19)22-21(26)18(13-37-22)38-24(35)30-25-7-14(8-25)9-25/h2,4,6,11,14,16,18,21-22H,3,5,7-10,12-13H2,1H3,(H,30,35)(H2,27,29,31,32)/t14?,16?,18-,21-,22-,25?/m0/s1. The maximum atomic E-state index is 15.2. The smallest absolute Gasteiger partial charge is 0.408 e. The highest BCUT2D eigenvalue weighted by Gasteiger charge is 2.58. The van der Waals surface area contributed by atoms with E-state index in [4.69, 9.17) is 19.2 Å². The Hall–Kier alpha value is -3.29. The van der Waals surface area contributed by atoms with Crippen LogP contribution in [0.1, 0.15) is 43.2 Å². The van der Waals surface area contributed by atoms with E-state index in [0.717, 1.165) is 62.6 Å². The van der Waals surface area contributed by atoms with E-state index in [1.54, 1.807) is 19.4 Å². The predicted octanol–water partition coefficient (Wildman–Crippen LogP) is 2.47. The summed E-state index contributed by atoms with van der Waals surface area (Å²) in [5.74, 6) is 1.72. The Kier molecular flexibility index (Phi) is 5.74. The van der Waals surface area contributed by atoms with Gasteiger partial charge in [-0.05, 0) is 37.7 Å². The second-order valence-corrected chi connectivity index (χ2v) is 11.0. The van der Waals surface area contributed by atoms with Crippen molar-refractivity contribution in [3.05, 3.63) is 35.9 Å². The van der Waals surface area contributed by atoms with Crippen LogP contribution in [-0.2, 0) is 20.8 Å². The number of methoxy groups -OCH3 is 1. The van der Waals surface area contributed by atoms with E-state index in [0.29, 0.717) is 23.5 Å². The monoisotopic (exact) mass is 526 g/mol.